The van der Waals surface area contributed by atoms with Crippen LogP contribution in [0.5, 0.6) is 0 Å². The molecule has 0 spiro atoms. The number of rotatable bonds is 10. The summed E-state index contributed by atoms with van der Waals surface area (Å²) in [6.07, 6.45) is 1.06. The van der Waals surface area contributed by atoms with Crippen LogP contribution in [-0.2, 0) is 4.52 Å². The SMILES string of the molecule is CC(C)N(C(C)C)P(OCCCBr)N(C(C)C)C(C)C. The van der Waals surface area contributed by atoms with Gasteiger partial charge in [0.15, 0.2) is 8.45 Å². The van der Waals surface area contributed by atoms with Gasteiger partial charge in [0.1, 0.15) is 0 Å². The first kappa shape index (κ1) is 20.8. The fourth-order valence-corrected chi connectivity index (χ4v) is 5.04. The Labute approximate surface area is 136 Å². The van der Waals surface area contributed by atoms with Gasteiger partial charge in [-0.05, 0) is 61.8 Å². The molecule has 20 heavy (non-hydrogen) atoms. The molecule has 0 atom stereocenters. The molecule has 0 amide bonds. The first-order chi connectivity index (χ1) is 9.23. The molecule has 0 aliphatic rings. The van der Waals surface area contributed by atoms with Crippen molar-refractivity contribution >= 4 is 24.4 Å². The Morgan fingerprint density at radius 3 is 1.40 bits per heavy atom. The van der Waals surface area contributed by atoms with Gasteiger partial charge in [-0.1, -0.05) is 15.9 Å². The second kappa shape index (κ2) is 10.5. The van der Waals surface area contributed by atoms with Crippen LogP contribution in [0.15, 0.2) is 0 Å². The molecule has 5 heteroatoms. The molecule has 0 unspecified atom stereocenters. The molecule has 0 rings (SSSR count). The largest absolute Gasteiger partial charge is 0.331 e. The maximum absolute atomic E-state index is 6.34. The van der Waals surface area contributed by atoms with Crippen LogP contribution >= 0.6 is 24.4 Å². The quantitative estimate of drug-likeness (QED) is 0.297. The Hall–Kier alpha value is 0.790. The molecule has 0 radical (unpaired) electrons. The third kappa shape index (κ3) is 6.70. The van der Waals surface area contributed by atoms with Crippen molar-refractivity contribution in [1.82, 2.24) is 9.34 Å². The number of alkyl halides is 1. The third-order valence-corrected chi connectivity index (χ3v) is 6.61. The predicted molar refractivity (Wildman–Crippen MR) is 95.5 cm³/mol. The van der Waals surface area contributed by atoms with E-state index in [0.717, 1.165) is 18.4 Å². The molecule has 0 bridgehead atoms. The van der Waals surface area contributed by atoms with Gasteiger partial charge in [0.25, 0.3) is 0 Å². The first-order valence-electron chi connectivity index (χ1n) is 7.79. The molecule has 122 valence electrons. The Morgan fingerprint density at radius 1 is 0.800 bits per heavy atom. The molecule has 0 saturated heterocycles. The minimum Gasteiger partial charge on any atom is -0.331 e. The average Bonchev–Trinajstić information content (AvgIpc) is 2.26. The molecule has 0 saturated carbocycles. The lowest BCUT2D eigenvalue weighted by molar-refractivity contribution is 0.187. The second-order valence-electron chi connectivity index (χ2n) is 6.26. The van der Waals surface area contributed by atoms with E-state index in [1.807, 2.05) is 0 Å². The summed E-state index contributed by atoms with van der Waals surface area (Å²) in [4.78, 5) is 0. The summed E-state index contributed by atoms with van der Waals surface area (Å²) in [5.74, 6) is 0. The van der Waals surface area contributed by atoms with Crippen molar-refractivity contribution in [3.8, 4) is 0 Å². The normalized spacial score (nSPS) is 13.2. The van der Waals surface area contributed by atoms with Gasteiger partial charge < -0.3 is 4.52 Å². The van der Waals surface area contributed by atoms with Gasteiger partial charge in [0, 0.05) is 29.5 Å². The minimum atomic E-state index is -0.711. The van der Waals surface area contributed by atoms with Gasteiger partial charge in [-0.25, -0.2) is 9.34 Å². The lowest BCUT2D eigenvalue weighted by atomic mass is 10.3. The van der Waals surface area contributed by atoms with Gasteiger partial charge in [0.2, 0.25) is 0 Å². The Morgan fingerprint density at radius 2 is 1.15 bits per heavy atom. The standard InChI is InChI=1S/C15H34BrN2OP/c1-12(2)17(13(3)4)20(19-11-9-10-16)18(14(5)6)15(7)8/h12-15H,9-11H2,1-8H3. The molecular weight excluding hydrogens is 335 g/mol. The van der Waals surface area contributed by atoms with E-state index in [1.165, 1.54) is 0 Å². The maximum Gasteiger partial charge on any atom is 0.188 e. The number of halogens is 1. The molecule has 3 nitrogen and oxygen atoms in total. The van der Waals surface area contributed by atoms with Crippen LogP contribution in [0.4, 0.5) is 0 Å². The molecule has 0 aromatic heterocycles. The summed E-state index contributed by atoms with van der Waals surface area (Å²) in [5, 5.41) is 1.00. The van der Waals surface area contributed by atoms with Crippen LogP contribution in [0.3, 0.4) is 0 Å². The minimum absolute atomic E-state index is 0.491. The van der Waals surface area contributed by atoms with Crippen molar-refractivity contribution in [2.75, 3.05) is 11.9 Å². The topological polar surface area (TPSA) is 15.7 Å². The Bertz CT molecular complexity index is 214. The third-order valence-electron chi connectivity index (χ3n) is 3.00. The van der Waals surface area contributed by atoms with Crippen molar-refractivity contribution in [3.05, 3.63) is 0 Å². The highest BCUT2D eigenvalue weighted by molar-refractivity contribution is 9.09. The zero-order valence-electron chi connectivity index (χ0n) is 14.6. The first-order valence-corrected chi connectivity index (χ1v) is 10.1. The van der Waals surface area contributed by atoms with Gasteiger partial charge in [-0.3, -0.25) is 0 Å². The summed E-state index contributed by atoms with van der Waals surface area (Å²) in [7, 11) is -0.711. The van der Waals surface area contributed by atoms with Crippen LogP contribution in [0.2, 0.25) is 0 Å². The van der Waals surface area contributed by atoms with Crippen molar-refractivity contribution in [2.45, 2.75) is 86.0 Å². The van der Waals surface area contributed by atoms with E-state index < -0.39 is 8.45 Å². The number of nitrogens with zero attached hydrogens (tertiary/aromatic N) is 2. The van der Waals surface area contributed by atoms with Crippen LogP contribution in [0.1, 0.15) is 61.8 Å². The van der Waals surface area contributed by atoms with E-state index in [4.69, 9.17) is 4.52 Å². The van der Waals surface area contributed by atoms with Crippen LogP contribution in [0, 0.1) is 0 Å². The smallest absolute Gasteiger partial charge is 0.188 e. The van der Waals surface area contributed by atoms with Gasteiger partial charge >= 0.3 is 0 Å². The molecule has 0 aliphatic carbocycles. The number of hydrogen-bond donors (Lipinski definition) is 0. The highest BCUT2D eigenvalue weighted by Crippen LogP contribution is 2.50. The lowest BCUT2D eigenvalue weighted by Gasteiger charge is -2.45. The van der Waals surface area contributed by atoms with E-state index in [1.54, 1.807) is 0 Å². The van der Waals surface area contributed by atoms with Crippen molar-refractivity contribution in [1.29, 1.82) is 0 Å². The summed E-state index contributed by atoms with van der Waals surface area (Å²) in [6.45, 7) is 18.9. The van der Waals surface area contributed by atoms with Gasteiger partial charge in [-0.2, -0.15) is 0 Å². The fourth-order valence-electron chi connectivity index (χ4n) is 2.44. The van der Waals surface area contributed by atoms with Crippen molar-refractivity contribution in [3.63, 3.8) is 0 Å². The van der Waals surface area contributed by atoms with E-state index in [2.05, 4.69) is 80.7 Å². The van der Waals surface area contributed by atoms with Crippen molar-refractivity contribution in [2.24, 2.45) is 0 Å². The average molecular weight is 369 g/mol. The summed E-state index contributed by atoms with van der Waals surface area (Å²) in [5.41, 5.74) is 0. The molecule has 0 heterocycles. The summed E-state index contributed by atoms with van der Waals surface area (Å²) >= 11 is 3.49. The Kier molecular flexibility index (Phi) is 10.9. The number of hydrogen-bond acceptors (Lipinski definition) is 3. The molecular formula is C15H34BrN2OP. The van der Waals surface area contributed by atoms with Crippen LogP contribution < -0.4 is 0 Å². The van der Waals surface area contributed by atoms with E-state index in [-0.39, 0.29) is 0 Å². The van der Waals surface area contributed by atoms with Crippen LogP contribution in [0.25, 0.3) is 0 Å². The lowest BCUT2D eigenvalue weighted by Crippen LogP contribution is -2.43. The van der Waals surface area contributed by atoms with E-state index in [9.17, 15) is 0 Å². The molecule has 0 N–H and O–H groups in total. The fraction of sp³-hybridized carbons (Fsp3) is 1.00. The van der Waals surface area contributed by atoms with E-state index >= 15 is 0 Å². The Balaban J connectivity index is 5.20. The van der Waals surface area contributed by atoms with E-state index in [0.29, 0.717) is 24.2 Å². The monoisotopic (exact) mass is 368 g/mol. The zero-order valence-corrected chi connectivity index (χ0v) is 17.0. The van der Waals surface area contributed by atoms with Crippen molar-refractivity contribution < 1.29 is 4.52 Å². The van der Waals surface area contributed by atoms with Crippen LogP contribution in [-0.4, -0.2) is 45.4 Å². The molecule has 0 aromatic rings. The molecule has 0 fully saturated rings. The summed E-state index contributed by atoms with van der Waals surface area (Å²) in [6, 6.07) is 1.96. The maximum atomic E-state index is 6.34. The predicted octanol–water partition coefficient (Wildman–Crippen LogP) is 5.25. The van der Waals surface area contributed by atoms with Gasteiger partial charge in [-0.15, -0.1) is 0 Å². The van der Waals surface area contributed by atoms with Gasteiger partial charge in [0.05, 0.1) is 6.61 Å². The highest BCUT2D eigenvalue weighted by Gasteiger charge is 2.34. The highest BCUT2D eigenvalue weighted by atomic mass is 79.9. The second-order valence-corrected chi connectivity index (χ2v) is 8.74. The molecule has 0 aliphatic heterocycles. The molecule has 0 aromatic carbocycles. The zero-order chi connectivity index (χ0) is 15.9. The summed E-state index contributed by atoms with van der Waals surface area (Å²) < 4.78 is 11.4.